The van der Waals surface area contributed by atoms with Crippen LogP contribution in [0.1, 0.15) is 33.5 Å². The predicted molar refractivity (Wildman–Crippen MR) is 140 cm³/mol. The standard InChI is InChI=1S/C26H26N2O4S.Li.H/c1-17-5-3-4-6-20(17)22-15-18(7-9-19-16-27-13-11-24(19)29)8-10-21(22)25(30)28-23(26(31)32)12-14-33-2;;/h3-11,13,15-16,23H,12,14H2,1-2H3,(H,27,29)(H,28,30)(H,31,32);;. The second-order valence-corrected chi connectivity index (χ2v) is 8.52. The quantitative estimate of drug-likeness (QED) is 0.405. The molecule has 0 saturated heterocycles. The Bertz CT molecular complexity index is 1180. The fourth-order valence-electron chi connectivity index (χ4n) is 3.40. The number of carboxylic acids is 1. The van der Waals surface area contributed by atoms with Crippen molar-refractivity contribution in [3.63, 3.8) is 0 Å². The number of rotatable bonds is 9. The SMILES string of the molecule is CSCCC(NC(=O)c1ccc(C=Cc2cnccc2O)cc1-c1ccccc1C)C(=O)O.[LiH]. The molecule has 34 heavy (non-hydrogen) atoms. The number of nitrogens with one attached hydrogen (secondary N) is 1. The molecule has 0 spiro atoms. The van der Waals surface area contributed by atoms with Gasteiger partial charge in [-0.15, -0.1) is 0 Å². The van der Waals surface area contributed by atoms with Crippen molar-refractivity contribution in [1.29, 1.82) is 0 Å². The number of aromatic nitrogens is 1. The van der Waals surface area contributed by atoms with Gasteiger partial charge in [-0.1, -0.05) is 36.4 Å². The van der Waals surface area contributed by atoms with Crippen LogP contribution in [0.15, 0.2) is 60.9 Å². The molecule has 0 fully saturated rings. The van der Waals surface area contributed by atoms with E-state index >= 15 is 0 Å². The molecular weight excluding hydrogens is 443 g/mol. The molecule has 0 aliphatic rings. The molecule has 1 unspecified atom stereocenters. The van der Waals surface area contributed by atoms with Gasteiger partial charge in [-0.05, 0) is 71.9 Å². The van der Waals surface area contributed by atoms with E-state index in [0.29, 0.717) is 28.9 Å². The summed E-state index contributed by atoms with van der Waals surface area (Å²) in [6, 6.07) is 13.7. The van der Waals surface area contributed by atoms with E-state index in [1.807, 2.05) is 49.6 Å². The number of carboxylic acid groups (broad SMARTS) is 1. The van der Waals surface area contributed by atoms with Crippen molar-refractivity contribution in [1.82, 2.24) is 10.3 Å². The molecule has 0 radical (unpaired) electrons. The molecular formula is C26H27LiN2O4S. The first kappa shape index (κ1) is 27.3. The number of aryl methyl sites for hydroxylation is 1. The van der Waals surface area contributed by atoms with Crippen molar-refractivity contribution in [2.45, 2.75) is 19.4 Å². The van der Waals surface area contributed by atoms with Gasteiger partial charge in [0.2, 0.25) is 0 Å². The summed E-state index contributed by atoms with van der Waals surface area (Å²) in [5.41, 5.74) is 4.39. The molecule has 172 valence electrons. The molecule has 1 aromatic heterocycles. The number of amides is 1. The zero-order chi connectivity index (χ0) is 23.8. The number of nitrogens with zero attached hydrogens (tertiary/aromatic N) is 1. The summed E-state index contributed by atoms with van der Waals surface area (Å²) >= 11 is 1.53. The van der Waals surface area contributed by atoms with Crippen LogP contribution < -0.4 is 5.32 Å². The first-order valence-electron chi connectivity index (χ1n) is 10.4. The molecule has 3 N–H and O–H groups in total. The van der Waals surface area contributed by atoms with Crippen molar-refractivity contribution >= 4 is 54.7 Å². The maximum absolute atomic E-state index is 13.1. The molecule has 3 rings (SSSR count). The third-order valence-corrected chi connectivity index (χ3v) is 5.86. The summed E-state index contributed by atoms with van der Waals surface area (Å²) in [5, 5.41) is 22.2. The van der Waals surface area contributed by atoms with Crippen molar-refractivity contribution in [3.8, 4) is 16.9 Å². The first-order chi connectivity index (χ1) is 15.9. The van der Waals surface area contributed by atoms with E-state index < -0.39 is 17.9 Å². The van der Waals surface area contributed by atoms with Crippen LogP contribution in [0.4, 0.5) is 0 Å². The van der Waals surface area contributed by atoms with Crippen molar-refractivity contribution < 1.29 is 19.8 Å². The number of carbonyl (C=O) groups is 2. The minimum atomic E-state index is -1.05. The van der Waals surface area contributed by atoms with Crippen LogP contribution in [0.25, 0.3) is 23.3 Å². The Balaban J connectivity index is 0.00000408. The zero-order valence-electron chi connectivity index (χ0n) is 18.5. The molecule has 8 heteroatoms. The van der Waals surface area contributed by atoms with Crippen LogP contribution in [0.5, 0.6) is 5.75 Å². The number of aliphatic carboxylic acids is 1. The summed E-state index contributed by atoms with van der Waals surface area (Å²) < 4.78 is 0. The Morgan fingerprint density at radius 3 is 2.56 bits per heavy atom. The number of hydrogen-bond donors (Lipinski definition) is 3. The van der Waals surface area contributed by atoms with E-state index in [1.54, 1.807) is 24.4 Å². The fraction of sp³-hybridized carbons (Fsp3) is 0.192. The van der Waals surface area contributed by atoms with Crippen LogP contribution in [-0.4, -0.2) is 64.0 Å². The molecule has 3 aromatic rings. The Morgan fingerprint density at radius 2 is 1.88 bits per heavy atom. The topological polar surface area (TPSA) is 99.5 Å². The molecule has 1 heterocycles. The van der Waals surface area contributed by atoms with E-state index in [2.05, 4.69) is 10.3 Å². The fourth-order valence-corrected chi connectivity index (χ4v) is 3.88. The van der Waals surface area contributed by atoms with Crippen molar-refractivity contribution in [2.75, 3.05) is 12.0 Å². The van der Waals surface area contributed by atoms with Gasteiger partial charge in [0.05, 0.1) is 0 Å². The van der Waals surface area contributed by atoms with Gasteiger partial charge in [-0.25, -0.2) is 4.79 Å². The first-order valence-corrected chi connectivity index (χ1v) is 11.8. The molecule has 1 amide bonds. The van der Waals surface area contributed by atoms with Gasteiger partial charge in [0, 0.05) is 23.5 Å². The molecule has 0 aliphatic heterocycles. The Hall–Kier alpha value is -2.98. The Kier molecular flexibility index (Phi) is 10.5. The number of hydrogen-bond acceptors (Lipinski definition) is 5. The van der Waals surface area contributed by atoms with Crippen LogP contribution >= 0.6 is 11.8 Å². The predicted octanol–water partition coefficient (Wildman–Crippen LogP) is 4.22. The van der Waals surface area contributed by atoms with E-state index in [-0.39, 0.29) is 24.6 Å². The molecule has 0 bridgehead atoms. The summed E-state index contributed by atoms with van der Waals surface area (Å²) in [7, 11) is 0. The van der Waals surface area contributed by atoms with E-state index in [4.69, 9.17) is 0 Å². The van der Waals surface area contributed by atoms with Gasteiger partial charge in [0.15, 0.2) is 0 Å². The summed E-state index contributed by atoms with van der Waals surface area (Å²) in [6.45, 7) is 1.96. The Morgan fingerprint density at radius 1 is 1.12 bits per heavy atom. The van der Waals surface area contributed by atoms with E-state index in [9.17, 15) is 19.8 Å². The second kappa shape index (κ2) is 13.0. The van der Waals surface area contributed by atoms with Crippen LogP contribution in [-0.2, 0) is 4.79 Å². The average Bonchev–Trinajstić information content (AvgIpc) is 2.81. The molecule has 1 atom stereocenters. The van der Waals surface area contributed by atoms with Crippen LogP contribution in [0.3, 0.4) is 0 Å². The van der Waals surface area contributed by atoms with Gasteiger partial charge < -0.3 is 15.5 Å². The zero-order valence-corrected chi connectivity index (χ0v) is 19.3. The molecule has 2 aromatic carbocycles. The summed E-state index contributed by atoms with van der Waals surface area (Å²) in [5.74, 6) is -0.721. The number of pyridine rings is 1. The number of thioether (sulfide) groups is 1. The normalized spacial score (nSPS) is 11.6. The third kappa shape index (κ3) is 7.01. The van der Waals surface area contributed by atoms with E-state index in [1.165, 1.54) is 24.0 Å². The van der Waals surface area contributed by atoms with Gasteiger partial charge >= 0.3 is 24.8 Å². The third-order valence-electron chi connectivity index (χ3n) is 5.22. The van der Waals surface area contributed by atoms with Gasteiger partial charge in [0.25, 0.3) is 5.91 Å². The number of carbonyl (C=O) groups excluding carboxylic acids is 1. The molecule has 6 nitrogen and oxygen atoms in total. The molecule has 0 saturated carbocycles. The van der Waals surface area contributed by atoms with Crippen LogP contribution in [0, 0.1) is 6.92 Å². The maximum atomic E-state index is 13.1. The van der Waals surface area contributed by atoms with Gasteiger partial charge in [-0.3, -0.25) is 9.78 Å². The van der Waals surface area contributed by atoms with Crippen molar-refractivity contribution in [3.05, 3.63) is 83.2 Å². The number of aromatic hydroxyl groups is 1. The average molecular weight is 471 g/mol. The second-order valence-electron chi connectivity index (χ2n) is 7.53. The molecule has 0 aliphatic carbocycles. The van der Waals surface area contributed by atoms with Crippen molar-refractivity contribution in [2.24, 2.45) is 0 Å². The van der Waals surface area contributed by atoms with Gasteiger partial charge in [0.1, 0.15) is 11.8 Å². The monoisotopic (exact) mass is 470 g/mol. The van der Waals surface area contributed by atoms with E-state index in [0.717, 1.165) is 16.7 Å². The Labute approximate surface area is 215 Å². The van der Waals surface area contributed by atoms with Crippen LogP contribution in [0.2, 0.25) is 0 Å². The summed E-state index contributed by atoms with van der Waals surface area (Å²) in [4.78, 5) is 28.8. The summed E-state index contributed by atoms with van der Waals surface area (Å²) in [6.07, 6.45) is 8.91. The van der Waals surface area contributed by atoms with Gasteiger partial charge in [-0.2, -0.15) is 11.8 Å². The minimum absolute atomic E-state index is 0. The number of benzene rings is 2.